The average Bonchev–Trinajstić information content (AvgIpc) is 3.13. The minimum Gasteiger partial charge on any atom is -0.473 e. The van der Waals surface area contributed by atoms with Crippen LogP contribution in [-0.2, 0) is 18.1 Å². The van der Waals surface area contributed by atoms with Crippen LogP contribution in [0, 0.1) is 0 Å². The van der Waals surface area contributed by atoms with Crippen LogP contribution < -0.4 is 10.1 Å². The summed E-state index contributed by atoms with van der Waals surface area (Å²) in [6.07, 6.45) is 5.27. The first kappa shape index (κ1) is 12.9. The van der Waals surface area contributed by atoms with Crippen LogP contribution in [0.3, 0.4) is 0 Å². The van der Waals surface area contributed by atoms with E-state index in [9.17, 15) is 4.79 Å². The lowest BCUT2D eigenvalue weighted by molar-refractivity contribution is -0.121. The predicted molar refractivity (Wildman–Crippen MR) is 79.5 cm³/mol. The molecule has 0 bridgehead atoms. The molecule has 2 aliphatic rings. The van der Waals surface area contributed by atoms with Gasteiger partial charge in [0.15, 0.2) is 6.73 Å². The van der Waals surface area contributed by atoms with Crippen molar-refractivity contribution in [2.75, 3.05) is 0 Å². The number of ether oxygens (including phenoxy) is 1. The molecule has 1 atom stereocenters. The van der Waals surface area contributed by atoms with Crippen LogP contribution >= 0.6 is 0 Å². The Labute approximate surface area is 127 Å². The lowest BCUT2D eigenvalue weighted by Crippen LogP contribution is -2.35. The predicted octanol–water partition coefficient (Wildman–Crippen LogP) is 1.24. The molecule has 0 saturated carbocycles. The second kappa shape index (κ2) is 4.87. The SMILES string of the molecule is CC1C(=O)NC2=Nc3ccc(OCn4ccnc4)cc3CN21. The van der Waals surface area contributed by atoms with E-state index in [-0.39, 0.29) is 11.9 Å². The molecule has 1 N–H and O–H groups in total. The lowest BCUT2D eigenvalue weighted by atomic mass is 10.1. The van der Waals surface area contributed by atoms with E-state index in [2.05, 4.69) is 15.3 Å². The third-order valence-corrected chi connectivity index (χ3v) is 3.91. The van der Waals surface area contributed by atoms with Crippen LogP contribution in [0.5, 0.6) is 5.75 Å². The maximum Gasteiger partial charge on any atom is 0.249 e. The Morgan fingerprint density at radius 2 is 2.36 bits per heavy atom. The minimum absolute atomic E-state index is 0.0110. The highest BCUT2D eigenvalue weighted by molar-refractivity contribution is 6.07. The van der Waals surface area contributed by atoms with Crippen LogP contribution in [0.2, 0.25) is 0 Å². The normalized spacial score (nSPS) is 19.3. The molecule has 0 aliphatic carbocycles. The highest BCUT2D eigenvalue weighted by Gasteiger charge is 2.35. The zero-order valence-electron chi connectivity index (χ0n) is 12.1. The summed E-state index contributed by atoms with van der Waals surface area (Å²) in [6, 6.07) is 5.58. The van der Waals surface area contributed by atoms with Gasteiger partial charge in [-0.3, -0.25) is 10.1 Å². The number of nitrogens with zero attached hydrogens (tertiary/aromatic N) is 4. The van der Waals surface area contributed by atoms with Crippen LogP contribution in [0.1, 0.15) is 12.5 Å². The molecule has 1 saturated heterocycles. The highest BCUT2D eigenvalue weighted by Crippen LogP contribution is 2.31. The molecule has 0 spiro atoms. The first-order valence-corrected chi connectivity index (χ1v) is 7.08. The van der Waals surface area contributed by atoms with Gasteiger partial charge >= 0.3 is 0 Å². The molecular weight excluding hydrogens is 282 g/mol. The number of benzene rings is 1. The number of aromatic nitrogens is 2. The molecule has 1 unspecified atom stereocenters. The summed E-state index contributed by atoms with van der Waals surface area (Å²) >= 11 is 0. The Bertz CT molecular complexity index is 753. The largest absolute Gasteiger partial charge is 0.473 e. The number of nitrogens with one attached hydrogen (secondary N) is 1. The van der Waals surface area contributed by atoms with Crippen molar-refractivity contribution in [2.45, 2.75) is 26.2 Å². The number of hydrogen-bond donors (Lipinski definition) is 1. The molecular formula is C15H15N5O2. The van der Waals surface area contributed by atoms with E-state index in [1.807, 2.05) is 40.8 Å². The van der Waals surface area contributed by atoms with E-state index in [0.29, 0.717) is 19.2 Å². The molecule has 3 heterocycles. The molecule has 1 fully saturated rings. The Kier molecular flexibility index (Phi) is 2.85. The zero-order valence-corrected chi connectivity index (χ0v) is 12.1. The van der Waals surface area contributed by atoms with Crippen LogP contribution in [0.15, 0.2) is 41.9 Å². The molecule has 4 rings (SSSR count). The molecule has 1 amide bonds. The van der Waals surface area contributed by atoms with E-state index >= 15 is 0 Å². The molecule has 7 heteroatoms. The number of imidazole rings is 1. The fourth-order valence-corrected chi connectivity index (χ4v) is 2.61. The second-order valence-electron chi connectivity index (χ2n) is 5.37. The van der Waals surface area contributed by atoms with Crippen molar-refractivity contribution in [1.82, 2.24) is 19.8 Å². The van der Waals surface area contributed by atoms with Gasteiger partial charge in [0.1, 0.15) is 11.8 Å². The van der Waals surface area contributed by atoms with Crippen molar-refractivity contribution in [1.29, 1.82) is 0 Å². The fraction of sp³-hybridized carbons (Fsp3) is 0.267. The van der Waals surface area contributed by atoms with Crippen molar-refractivity contribution in [3.63, 3.8) is 0 Å². The van der Waals surface area contributed by atoms with Crippen molar-refractivity contribution in [3.05, 3.63) is 42.5 Å². The second-order valence-corrected chi connectivity index (χ2v) is 5.37. The molecule has 112 valence electrons. The number of amides is 1. The van der Waals surface area contributed by atoms with Gasteiger partial charge in [-0.15, -0.1) is 0 Å². The van der Waals surface area contributed by atoms with Crippen LogP contribution in [0.4, 0.5) is 5.69 Å². The smallest absolute Gasteiger partial charge is 0.249 e. The maximum absolute atomic E-state index is 11.7. The standard InChI is InChI=1S/C15H15N5O2/c1-10-14(21)18-15-17-13-3-2-12(6-11(13)7-20(10)15)22-9-19-5-4-16-8-19/h2-6,8,10H,7,9H2,1H3,(H,17,18,21). The summed E-state index contributed by atoms with van der Waals surface area (Å²) in [6.45, 7) is 2.94. The van der Waals surface area contributed by atoms with Gasteiger partial charge in [-0.1, -0.05) is 0 Å². The third kappa shape index (κ3) is 2.11. The number of rotatable bonds is 3. The number of aliphatic imine (C=N–C) groups is 1. The summed E-state index contributed by atoms with van der Waals surface area (Å²) in [5.74, 6) is 1.40. The van der Waals surface area contributed by atoms with Crippen molar-refractivity contribution >= 4 is 17.6 Å². The van der Waals surface area contributed by atoms with Crippen molar-refractivity contribution in [3.8, 4) is 5.75 Å². The van der Waals surface area contributed by atoms with E-state index < -0.39 is 0 Å². The third-order valence-electron chi connectivity index (χ3n) is 3.91. The molecule has 2 aliphatic heterocycles. The number of carbonyl (C=O) groups excluding carboxylic acids is 1. The quantitative estimate of drug-likeness (QED) is 0.925. The Hall–Kier alpha value is -2.83. The topological polar surface area (TPSA) is 71.7 Å². The van der Waals surface area contributed by atoms with Gasteiger partial charge in [0.05, 0.1) is 12.0 Å². The minimum atomic E-state index is -0.192. The summed E-state index contributed by atoms with van der Waals surface area (Å²) in [5.41, 5.74) is 1.92. The maximum atomic E-state index is 11.7. The lowest BCUT2D eigenvalue weighted by Gasteiger charge is -2.26. The first-order valence-electron chi connectivity index (χ1n) is 7.08. The number of carbonyl (C=O) groups is 1. The Balaban J connectivity index is 1.55. The van der Waals surface area contributed by atoms with Crippen LogP contribution in [-0.4, -0.2) is 32.4 Å². The van der Waals surface area contributed by atoms with Crippen molar-refractivity contribution < 1.29 is 9.53 Å². The van der Waals surface area contributed by atoms with Gasteiger partial charge < -0.3 is 14.2 Å². The first-order chi connectivity index (χ1) is 10.7. The monoisotopic (exact) mass is 297 g/mol. The molecule has 22 heavy (non-hydrogen) atoms. The zero-order chi connectivity index (χ0) is 15.1. The van der Waals surface area contributed by atoms with Gasteiger partial charge in [0, 0.05) is 24.5 Å². The number of fused-ring (bicyclic) bond motifs is 2. The van der Waals surface area contributed by atoms with Crippen molar-refractivity contribution in [2.24, 2.45) is 4.99 Å². The molecule has 1 aromatic heterocycles. The van der Waals surface area contributed by atoms with Gasteiger partial charge in [-0.25, -0.2) is 9.98 Å². The average molecular weight is 297 g/mol. The number of hydrogen-bond acceptors (Lipinski definition) is 5. The highest BCUT2D eigenvalue weighted by atomic mass is 16.5. The van der Waals surface area contributed by atoms with Crippen LogP contribution in [0.25, 0.3) is 0 Å². The Morgan fingerprint density at radius 1 is 1.45 bits per heavy atom. The molecule has 2 aromatic rings. The summed E-state index contributed by atoms with van der Waals surface area (Å²) in [7, 11) is 0. The number of guanidine groups is 1. The van der Waals surface area contributed by atoms with E-state index in [4.69, 9.17) is 4.74 Å². The summed E-state index contributed by atoms with van der Waals surface area (Å²) < 4.78 is 7.60. The summed E-state index contributed by atoms with van der Waals surface area (Å²) in [4.78, 5) is 22.2. The van der Waals surface area contributed by atoms with Gasteiger partial charge in [-0.05, 0) is 25.1 Å². The fourth-order valence-electron chi connectivity index (χ4n) is 2.61. The van der Waals surface area contributed by atoms with Gasteiger partial charge in [0.25, 0.3) is 0 Å². The van der Waals surface area contributed by atoms with Gasteiger partial charge in [-0.2, -0.15) is 0 Å². The molecule has 7 nitrogen and oxygen atoms in total. The summed E-state index contributed by atoms with van der Waals surface area (Å²) in [5, 5.41) is 2.80. The van der Waals surface area contributed by atoms with E-state index in [1.165, 1.54) is 0 Å². The molecule has 1 aromatic carbocycles. The van der Waals surface area contributed by atoms with E-state index in [1.54, 1.807) is 12.5 Å². The Morgan fingerprint density at radius 3 is 3.18 bits per heavy atom. The van der Waals surface area contributed by atoms with Gasteiger partial charge in [0.2, 0.25) is 11.9 Å². The molecule has 0 radical (unpaired) electrons. The van der Waals surface area contributed by atoms with E-state index in [0.717, 1.165) is 17.0 Å².